The summed E-state index contributed by atoms with van der Waals surface area (Å²) in [5.41, 5.74) is 1.37. The third kappa shape index (κ3) is 5.08. The molecule has 138 valence electrons. The Balaban J connectivity index is 1.55. The van der Waals surface area contributed by atoms with E-state index in [0.717, 1.165) is 18.4 Å². The number of nitrogens with one attached hydrogen (secondary N) is 2. The van der Waals surface area contributed by atoms with E-state index in [-0.39, 0.29) is 17.6 Å². The Bertz CT molecular complexity index is 798. The Hall–Kier alpha value is -2.34. The van der Waals surface area contributed by atoms with E-state index in [4.69, 9.17) is 11.6 Å². The molecule has 1 aliphatic carbocycles. The first kappa shape index (κ1) is 18.5. The predicted octanol–water partition coefficient (Wildman–Crippen LogP) is 3.20. The molecule has 1 aromatic carbocycles. The SMILES string of the molecule is O=C(NCCn1nc(-c2ccc(Cl)cc2)ccc1=O)NC1CCCCC1. The molecule has 2 N–H and O–H groups in total. The third-order valence-corrected chi connectivity index (χ3v) is 4.81. The Kier molecular flexibility index (Phi) is 6.28. The van der Waals surface area contributed by atoms with Crippen molar-refractivity contribution in [3.05, 3.63) is 51.8 Å². The number of urea groups is 1. The van der Waals surface area contributed by atoms with Crippen LogP contribution in [0, 0.1) is 0 Å². The number of halogens is 1. The van der Waals surface area contributed by atoms with Crippen LogP contribution in [-0.2, 0) is 6.54 Å². The Labute approximate surface area is 157 Å². The van der Waals surface area contributed by atoms with Crippen molar-refractivity contribution in [1.82, 2.24) is 20.4 Å². The molecule has 6 nitrogen and oxygen atoms in total. The maximum absolute atomic E-state index is 12.0. The van der Waals surface area contributed by atoms with Gasteiger partial charge < -0.3 is 10.6 Å². The van der Waals surface area contributed by atoms with Crippen LogP contribution in [0.25, 0.3) is 11.3 Å². The normalized spacial score (nSPS) is 14.8. The largest absolute Gasteiger partial charge is 0.336 e. The molecule has 2 amide bonds. The lowest BCUT2D eigenvalue weighted by Crippen LogP contribution is -2.44. The summed E-state index contributed by atoms with van der Waals surface area (Å²) >= 11 is 5.90. The molecule has 1 saturated carbocycles. The number of benzene rings is 1. The van der Waals surface area contributed by atoms with E-state index in [1.165, 1.54) is 30.0 Å². The first-order valence-electron chi connectivity index (χ1n) is 9.00. The molecular formula is C19H23ClN4O2. The number of aromatic nitrogens is 2. The Morgan fingerprint density at radius 2 is 1.85 bits per heavy atom. The van der Waals surface area contributed by atoms with Crippen LogP contribution in [0.2, 0.25) is 5.02 Å². The summed E-state index contributed by atoms with van der Waals surface area (Å²) in [5.74, 6) is 0. The number of rotatable bonds is 5. The summed E-state index contributed by atoms with van der Waals surface area (Å²) in [4.78, 5) is 24.0. The van der Waals surface area contributed by atoms with Crippen molar-refractivity contribution < 1.29 is 4.79 Å². The van der Waals surface area contributed by atoms with Gasteiger partial charge in [-0.1, -0.05) is 43.0 Å². The van der Waals surface area contributed by atoms with Crippen LogP contribution in [-0.4, -0.2) is 28.4 Å². The second-order valence-corrected chi connectivity index (χ2v) is 6.96. The molecule has 0 atom stereocenters. The Morgan fingerprint density at radius 1 is 1.12 bits per heavy atom. The molecule has 26 heavy (non-hydrogen) atoms. The lowest BCUT2D eigenvalue weighted by Gasteiger charge is -2.22. The van der Waals surface area contributed by atoms with Gasteiger partial charge in [-0.05, 0) is 31.0 Å². The second-order valence-electron chi connectivity index (χ2n) is 6.52. The van der Waals surface area contributed by atoms with Gasteiger partial charge in [0.25, 0.3) is 5.56 Å². The highest BCUT2D eigenvalue weighted by atomic mass is 35.5. The fraction of sp³-hybridized carbons (Fsp3) is 0.421. The molecule has 1 heterocycles. The van der Waals surface area contributed by atoms with Crippen LogP contribution in [0.1, 0.15) is 32.1 Å². The maximum Gasteiger partial charge on any atom is 0.315 e. The second kappa shape index (κ2) is 8.85. The minimum absolute atomic E-state index is 0.182. The fourth-order valence-corrected chi connectivity index (χ4v) is 3.27. The van der Waals surface area contributed by atoms with Crippen molar-refractivity contribution in [2.24, 2.45) is 0 Å². The minimum atomic E-state index is -0.197. The zero-order valence-corrected chi connectivity index (χ0v) is 15.3. The van der Waals surface area contributed by atoms with Crippen molar-refractivity contribution in [2.45, 2.75) is 44.7 Å². The molecule has 3 rings (SSSR count). The van der Waals surface area contributed by atoms with E-state index in [1.54, 1.807) is 18.2 Å². The maximum atomic E-state index is 12.0. The Morgan fingerprint density at radius 3 is 2.58 bits per heavy atom. The topological polar surface area (TPSA) is 76.0 Å². The fourth-order valence-electron chi connectivity index (χ4n) is 3.14. The van der Waals surface area contributed by atoms with Gasteiger partial charge in [-0.25, -0.2) is 9.48 Å². The molecule has 0 unspecified atom stereocenters. The summed E-state index contributed by atoms with van der Waals surface area (Å²) in [6.07, 6.45) is 5.66. The van der Waals surface area contributed by atoms with E-state index in [9.17, 15) is 9.59 Å². The molecule has 0 saturated heterocycles. The zero-order valence-electron chi connectivity index (χ0n) is 14.6. The van der Waals surface area contributed by atoms with Gasteiger partial charge in [0.05, 0.1) is 12.2 Å². The smallest absolute Gasteiger partial charge is 0.315 e. The van der Waals surface area contributed by atoms with E-state index in [1.807, 2.05) is 12.1 Å². The lowest BCUT2D eigenvalue weighted by atomic mass is 9.96. The predicted molar refractivity (Wildman–Crippen MR) is 102 cm³/mol. The van der Waals surface area contributed by atoms with Gasteiger partial charge in [0.1, 0.15) is 0 Å². The molecule has 2 aromatic rings. The molecular weight excluding hydrogens is 352 g/mol. The van der Waals surface area contributed by atoms with E-state index >= 15 is 0 Å². The molecule has 0 aliphatic heterocycles. The van der Waals surface area contributed by atoms with E-state index in [2.05, 4.69) is 15.7 Å². The van der Waals surface area contributed by atoms with Gasteiger partial charge in [0.2, 0.25) is 0 Å². The number of amides is 2. The number of nitrogens with zero attached hydrogens (tertiary/aromatic N) is 2. The van der Waals surface area contributed by atoms with Gasteiger partial charge in [-0.3, -0.25) is 4.79 Å². The average Bonchev–Trinajstić information content (AvgIpc) is 2.65. The first-order valence-corrected chi connectivity index (χ1v) is 9.38. The minimum Gasteiger partial charge on any atom is -0.336 e. The molecule has 1 aromatic heterocycles. The standard InChI is InChI=1S/C19H23ClN4O2/c20-15-8-6-14(7-9-15)17-10-11-18(25)24(23-17)13-12-21-19(26)22-16-4-2-1-3-5-16/h6-11,16H,1-5,12-13H2,(H2,21,22,26). The summed E-state index contributed by atoms with van der Waals surface area (Å²) in [7, 11) is 0. The van der Waals surface area contributed by atoms with Crippen LogP contribution >= 0.6 is 11.6 Å². The summed E-state index contributed by atoms with van der Waals surface area (Å²) in [6, 6.07) is 10.5. The quantitative estimate of drug-likeness (QED) is 0.843. The number of carbonyl (C=O) groups excluding carboxylic acids is 1. The number of hydrogen-bond acceptors (Lipinski definition) is 3. The van der Waals surface area contributed by atoms with Gasteiger partial charge in [-0.15, -0.1) is 0 Å². The van der Waals surface area contributed by atoms with E-state index < -0.39 is 0 Å². The van der Waals surface area contributed by atoms with Gasteiger partial charge in [0, 0.05) is 29.2 Å². The molecule has 1 fully saturated rings. The van der Waals surface area contributed by atoms with Crippen molar-refractivity contribution in [1.29, 1.82) is 0 Å². The molecule has 0 bridgehead atoms. The van der Waals surface area contributed by atoms with Gasteiger partial charge in [-0.2, -0.15) is 5.10 Å². The summed E-state index contributed by atoms with van der Waals surface area (Å²) in [6.45, 7) is 0.661. The summed E-state index contributed by atoms with van der Waals surface area (Å²) < 4.78 is 1.37. The van der Waals surface area contributed by atoms with Gasteiger partial charge in [0.15, 0.2) is 0 Å². The van der Waals surface area contributed by atoms with E-state index in [0.29, 0.717) is 23.8 Å². The van der Waals surface area contributed by atoms with Crippen molar-refractivity contribution >= 4 is 17.6 Å². The average molecular weight is 375 g/mol. The third-order valence-electron chi connectivity index (χ3n) is 4.56. The van der Waals surface area contributed by atoms with Crippen LogP contribution in [0.15, 0.2) is 41.2 Å². The molecule has 1 aliphatic rings. The monoisotopic (exact) mass is 374 g/mol. The molecule has 0 spiro atoms. The van der Waals surface area contributed by atoms with Crippen molar-refractivity contribution in [3.63, 3.8) is 0 Å². The van der Waals surface area contributed by atoms with Crippen LogP contribution in [0.3, 0.4) is 0 Å². The number of hydrogen-bond donors (Lipinski definition) is 2. The first-order chi connectivity index (χ1) is 12.6. The molecule has 0 radical (unpaired) electrons. The highest BCUT2D eigenvalue weighted by Gasteiger charge is 2.15. The van der Waals surface area contributed by atoms with Crippen LogP contribution in [0.4, 0.5) is 4.79 Å². The van der Waals surface area contributed by atoms with Crippen LogP contribution in [0.5, 0.6) is 0 Å². The summed E-state index contributed by atoms with van der Waals surface area (Å²) in [5, 5.41) is 10.8. The zero-order chi connectivity index (χ0) is 18.4. The van der Waals surface area contributed by atoms with Crippen molar-refractivity contribution in [2.75, 3.05) is 6.54 Å². The van der Waals surface area contributed by atoms with Crippen LogP contribution < -0.4 is 16.2 Å². The highest BCUT2D eigenvalue weighted by molar-refractivity contribution is 6.30. The molecule has 7 heteroatoms. The van der Waals surface area contributed by atoms with Crippen molar-refractivity contribution in [3.8, 4) is 11.3 Å². The number of carbonyl (C=O) groups is 1. The van der Waals surface area contributed by atoms with Gasteiger partial charge >= 0.3 is 6.03 Å². The highest BCUT2D eigenvalue weighted by Crippen LogP contribution is 2.18. The lowest BCUT2D eigenvalue weighted by molar-refractivity contribution is 0.232.